The summed E-state index contributed by atoms with van der Waals surface area (Å²) in [6, 6.07) is -1.65. The fourth-order valence-electron chi connectivity index (χ4n) is 2.22. The Balaban J connectivity index is 2.61. The predicted molar refractivity (Wildman–Crippen MR) is 63.7 cm³/mol. The largest absolute Gasteiger partial charge is 0.480 e. The lowest BCUT2D eigenvalue weighted by atomic mass is 10.1. The highest BCUT2D eigenvalue weighted by molar-refractivity contribution is 5.87. The second-order valence-corrected chi connectivity index (χ2v) is 4.85. The summed E-state index contributed by atoms with van der Waals surface area (Å²) in [5.41, 5.74) is 4.94. The molecule has 0 radical (unpaired) electrons. The Morgan fingerprint density at radius 3 is 2.44 bits per heavy atom. The second-order valence-electron chi connectivity index (χ2n) is 4.85. The summed E-state index contributed by atoms with van der Waals surface area (Å²) in [6.07, 6.45) is 0.486. The Kier molecular flexibility index (Phi) is 4.52. The first-order valence-electron chi connectivity index (χ1n) is 5.89. The minimum Gasteiger partial charge on any atom is -0.480 e. The third-order valence-electron chi connectivity index (χ3n) is 3.05. The summed E-state index contributed by atoms with van der Waals surface area (Å²) in [4.78, 5) is 35.1. The number of rotatable bonds is 4. The van der Waals surface area contributed by atoms with Crippen molar-refractivity contribution in [1.82, 2.24) is 10.2 Å². The molecule has 2 unspecified atom stereocenters. The first-order valence-corrected chi connectivity index (χ1v) is 5.89. The number of hydrogen-bond acceptors (Lipinski definition) is 3. The summed E-state index contributed by atoms with van der Waals surface area (Å²) >= 11 is 0. The summed E-state index contributed by atoms with van der Waals surface area (Å²) in [5, 5.41) is 11.2. The van der Waals surface area contributed by atoms with E-state index >= 15 is 0 Å². The van der Waals surface area contributed by atoms with E-state index in [4.69, 9.17) is 10.8 Å². The molecule has 102 valence electrons. The van der Waals surface area contributed by atoms with Crippen LogP contribution in [0.15, 0.2) is 0 Å². The van der Waals surface area contributed by atoms with Crippen LogP contribution in [-0.4, -0.2) is 46.5 Å². The van der Waals surface area contributed by atoms with Gasteiger partial charge >= 0.3 is 12.0 Å². The number of hydrogen-bond donors (Lipinski definition) is 3. The summed E-state index contributed by atoms with van der Waals surface area (Å²) in [6.45, 7) is 4.53. The van der Waals surface area contributed by atoms with Gasteiger partial charge in [-0.05, 0) is 19.3 Å². The molecule has 1 fully saturated rings. The maximum atomic E-state index is 11.9. The zero-order valence-electron chi connectivity index (χ0n) is 10.5. The van der Waals surface area contributed by atoms with Crippen molar-refractivity contribution in [3.63, 3.8) is 0 Å². The Morgan fingerprint density at radius 1 is 1.44 bits per heavy atom. The molecule has 7 heteroatoms. The van der Waals surface area contributed by atoms with E-state index in [-0.39, 0.29) is 6.04 Å². The predicted octanol–water partition coefficient (Wildman–Crippen LogP) is -0.245. The van der Waals surface area contributed by atoms with Crippen LogP contribution in [0, 0.1) is 5.92 Å². The lowest BCUT2D eigenvalue weighted by Gasteiger charge is -2.24. The van der Waals surface area contributed by atoms with E-state index in [1.165, 1.54) is 0 Å². The van der Waals surface area contributed by atoms with Gasteiger partial charge in [-0.1, -0.05) is 6.92 Å². The van der Waals surface area contributed by atoms with E-state index in [9.17, 15) is 14.4 Å². The van der Waals surface area contributed by atoms with Crippen molar-refractivity contribution in [2.45, 2.75) is 38.8 Å². The number of carboxylic acid groups (broad SMARTS) is 1. The van der Waals surface area contributed by atoms with Crippen molar-refractivity contribution in [2.75, 3.05) is 6.54 Å². The quantitative estimate of drug-likeness (QED) is 0.644. The molecule has 1 saturated heterocycles. The van der Waals surface area contributed by atoms with Gasteiger partial charge < -0.3 is 21.1 Å². The van der Waals surface area contributed by atoms with Crippen LogP contribution in [0.4, 0.5) is 4.79 Å². The van der Waals surface area contributed by atoms with Crippen LogP contribution in [0.25, 0.3) is 0 Å². The van der Waals surface area contributed by atoms with Crippen molar-refractivity contribution in [2.24, 2.45) is 11.7 Å². The molecule has 1 aliphatic heterocycles. The molecule has 1 rings (SSSR count). The highest BCUT2D eigenvalue weighted by Crippen LogP contribution is 2.22. The van der Waals surface area contributed by atoms with Crippen LogP contribution in [0.5, 0.6) is 0 Å². The molecule has 4 N–H and O–H groups in total. The van der Waals surface area contributed by atoms with Gasteiger partial charge in [0.15, 0.2) is 0 Å². The van der Waals surface area contributed by atoms with Crippen LogP contribution < -0.4 is 11.1 Å². The minimum absolute atomic E-state index is 0.0722. The second kappa shape index (κ2) is 5.70. The highest BCUT2D eigenvalue weighted by atomic mass is 16.4. The molecule has 1 aliphatic rings. The van der Waals surface area contributed by atoms with Gasteiger partial charge in [-0.3, -0.25) is 4.79 Å². The van der Waals surface area contributed by atoms with Gasteiger partial charge in [-0.15, -0.1) is 0 Å². The number of likely N-dealkylation sites (tertiary alicyclic amines) is 1. The third kappa shape index (κ3) is 3.61. The van der Waals surface area contributed by atoms with Crippen molar-refractivity contribution in [3.05, 3.63) is 0 Å². The number of aliphatic carboxylic acids is 1. The van der Waals surface area contributed by atoms with E-state index in [2.05, 4.69) is 5.32 Å². The Bertz CT molecular complexity index is 358. The van der Waals surface area contributed by atoms with E-state index in [0.29, 0.717) is 12.5 Å². The zero-order valence-corrected chi connectivity index (χ0v) is 10.5. The first-order chi connectivity index (χ1) is 8.31. The van der Waals surface area contributed by atoms with Gasteiger partial charge in [0.05, 0.1) is 6.42 Å². The molecule has 18 heavy (non-hydrogen) atoms. The monoisotopic (exact) mass is 257 g/mol. The fourth-order valence-corrected chi connectivity index (χ4v) is 2.22. The van der Waals surface area contributed by atoms with E-state index in [1.54, 1.807) is 4.90 Å². The third-order valence-corrected chi connectivity index (χ3v) is 3.05. The number of nitrogens with two attached hydrogens (primary N) is 1. The van der Waals surface area contributed by atoms with Crippen molar-refractivity contribution >= 4 is 17.9 Å². The SMILES string of the molecule is CC1CC(C)N(C(=O)N[C@@H](CC(N)=O)C(=O)O)C1. The molecule has 3 atom stereocenters. The normalized spacial score (nSPS) is 24.7. The van der Waals surface area contributed by atoms with Gasteiger partial charge in [0.2, 0.25) is 5.91 Å². The molecule has 0 bridgehead atoms. The number of carbonyl (C=O) groups is 3. The van der Waals surface area contributed by atoms with E-state index in [1.807, 2.05) is 13.8 Å². The van der Waals surface area contributed by atoms with Crippen LogP contribution >= 0.6 is 0 Å². The Morgan fingerprint density at radius 2 is 2.06 bits per heavy atom. The highest BCUT2D eigenvalue weighted by Gasteiger charge is 2.32. The average Bonchev–Trinajstić information content (AvgIpc) is 2.56. The molecular formula is C11H19N3O4. The molecule has 7 nitrogen and oxygen atoms in total. The number of amides is 3. The number of carbonyl (C=O) groups excluding carboxylic acids is 2. The molecule has 0 saturated carbocycles. The first kappa shape index (κ1) is 14.3. The van der Waals surface area contributed by atoms with Crippen LogP contribution in [0.3, 0.4) is 0 Å². The molecule has 0 spiro atoms. The lowest BCUT2D eigenvalue weighted by Crippen LogP contribution is -2.50. The Labute approximate surface area is 105 Å². The van der Waals surface area contributed by atoms with Crippen molar-refractivity contribution in [3.8, 4) is 0 Å². The van der Waals surface area contributed by atoms with Crippen LogP contribution in [-0.2, 0) is 9.59 Å². The van der Waals surface area contributed by atoms with Crippen LogP contribution in [0.1, 0.15) is 26.7 Å². The van der Waals surface area contributed by atoms with Crippen LogP contribution in [0.2, 0.25) is 0 Å². The summed E-state index contributed by atoms with van der Waals surface area (Å²) in [7, 11) is 0. The number of nitrogens with zero attached hydrogens (tertiary/aromatic N) is 1. The molecule has 1 heterocycles. The molecule has 0 aliphatic carbocycles. The summed E-state index contributed by atoms with van der Waals surface area (Å²) in [5.74, 6) is -1.63. The maximum absolute atomic E-state index is 11.9. The lowest BCUT2D eigenvalue weighted by molar-refractivity contribution is -0.141. The number of nitrogens with one attached hydrogen (secondary N) is 1. The van der Waals surface area contributed by atoms with Gasteiger partial charge in [0.25, 0.3) is 0 Å². The maximum Gasteiger partial charge on any atom is 0.326 e. The fraction of sp³-hybridized carbons (Fsp3) is 0.727. The van der Waals surface area contributed by atoms with E-state index < -0.39 is 30.4 Å². The van der Waals surface area contributed by atoms with Gasteiger partial charge in [-0.25, -0.2) is 9.59 Å². The standard InChI is InChI=1S/C11H19N3O4/c1-6-3-7(2)14(5-6)11(18)13-8(10(16)17)4-9(12)15/h6-8H,3-5H2,1-2H3,(H2,12,15)(H,13,18)(H,16,17)/t6?,7?,8-/m0/s1. The number of urea groups is 1. The van der Waals surface area contributed by atoms with Crippen molar-refractivity contribution < 1.29 is 19.5 Å². The topological polar surface area (TPSA) is 113 Å². The van der Waals surface area contributed by atoms with Gasteiger partial charge in [-0.2, -0.15) is 0 Å². The van der Waals surface area contributed by atoms with E-state index in [0.717, 1.165) is 6.42 Å². The molecule has 0 aromatic heterocycles. The number of primary amides is 1. The van der Waals surface area contributed by atoms with Gasteiger partial charge in [0, 0.05) is 12.6 Å². The summed E-state index contributed by atoms with van der Waals surface area (Å²) < 4.78 is 0. The van der Waals surface area contributed by atoms with Crippen molar-refractivity contribution in [1.29, 1.82) is 0 Å². The minimum atomic E-state index is -1.27. The number of carboxylic acids is 1. The zero-order chi connectivity index (χ0) is 13.9. The Hall–Kier alpha value is -1.79. The van der Waals surface area contributed by atoms with Gasteiger partial charge in [0.1, 0.15) is 6.04 Å². The molecule has 3 amide bonds. The average molecular weight is 257 g/mol. The molecular weight excluding hydrogens is 238 g/mol. The molecule has 0 aromatic carbocycles. The molecule has 0 aromatic rings. The smallest absolute Gasteiger partial charge is 0.326 e.